The highest BCUT2D eigenvalue weighted by atomic mass is 19.1. The van der Waals surface area contributed by atoms with E-state index >= 15 is 0 Å². The van der Waals surface area contributed by atoms with E-state index in [9.17, 15) is 14.0 Å². The number of urea groups is 1. The molecule has 4 N–H and O–H groups in total. The lowest BCUT2D eigenvalue weighted by Crippen LogP contribution is -2.24. The molecule has 1 atom stereocenters. The van der Waals surface area contributed by atoms with Crippen LogP contribution in [0.3, 0.4) is 0 Å². The van der Waals surface area contributed by atoms with Gasteiger partial charge >= 0.3 is 12.0 Å². The van der Waals surface area contributed by atoms with Crippen molar-refractivity contribution in [2.45, 2.75) is 13.0 Å². The van der Waals surface area contributed by atoms with Crippen molar-refractivity contribution in [2.75, 3.05) is 16.0 Å². The summed E-state index contributed by atoms with van der Waals surface area (Å²) < 4.78 is 18.0. The van der Waals surface area contributed by atoms with Crippen molar-refractivity contribution in [1.82, 2.24) is 5.16 Å². The molecule has 2 amide bonds. The van der Waals surface area contributed by atoms with Crippen LogP contribution in [0, 0.1) is 5.82 Å². The van der Waals surface area contributed by atoms with Crippen LogP contribution >= 0.6 is 0 Å². The van der Waals surface area contributed by atoms with Crippen molar-refractivity contribution < 1.29 is 23.6 Å². The van der Waals surface area contributed by atoms with Crippen LogP contribution in [-0.2, 0) is 4.79 Å². The monoisotopic (exact) mass is 384 g/mol. The largest absolute Gasteiger partial charge is 0.480 e. The zero-order valence-corrected chi connectivity index (χ0v) is 14.8. The first-order valence-electron chi connectivity index (χ1n) is 8.31. The lowest BCUT2D eigenvalue weighted by molar-refractivity contribution is -0.137. The Kier molecular flexibility index (Phi) is 5.54. The van der Waals surface area contributed by atoms with Gasteiger partial charge in [0.15, 0.2) is 0 Å². The molecular formula is C19H17FN4O4. The number of halogens is 1. The molecule has 0 spiro atoms. The van der Waals surface area contributed by atoms with Gasteiger partial charge in [0, 0.05) is 23.0 Å². The van der Waals surface area contributed by atoms with Crippen molar-refractivity contribution in [3.8, 4) is 11.3 Å². The third-order valence-electron chi connectivity index (χ3n) is 3.78. The van der Waals surface area contributed by atoms with Crippen molar-refractivity contribution in [3.63, 3.8) is 0 Å². The van der Waals surface area contributed by atoms with Crippen LogP contribution in [0.25, 0.3) is 11.3 Å². The van der Waals surface area contributed by atoms with E-state index in [1.54, 1.807) is 30.3 Å². The van der Waals surface area contributed by atoms with E-state index in [4.69, 9.17) is 9.63 Å². The normalized spacial score (nSPS) is 11.5. The summed E-state index contributed by atoms with van der Waals surface area (Å²) >= 11 is 0. The molecule has 3 aromatic rings. The molecule has 1 aromatic heterocycles. The van der Waals surface area contributed by atoms with Crippen LogP contribution in [-0.4, -0.2) is 28.3 Å². The Morgan fingerprint density at radius 1 is 1.04 bits per heavy atom. The van der Waals surface area contributed by atoms with E-state index in [2.05, 4.69) is 21.1 Å². The second kappa shape index (κ2) is 8.21. The summed E-state index contributed by atoms with van der Waals surface area (Å²) in [4.78, 5) is 22.8. The number of carbonyl (C=O) groups excluding carboxylic acids is 1. The standard InChI is InChI=1S/C19H17FN4O4/c1-11(18(25)26)21-17-10-16(24-28-17)12-2-6-14(7-3-12)22-19(27)23-15-8-4-13(20)5-9-15/h2-11,21H,1H3,(H,25,26)(H2,22,23,27). The van der Waals surface area contributed by atoms with E-state index in [1.807, 2.05) is 0 Å². The number of nitrogens with one attached hydrogen (secondary N) is 3. The second-order valence-corrected chi connectivity index (χ2v) is 5.94. The number of carboxylic acids is 1. The van der Waals surface area contributed by atoms with E-state index in [0.29, 0.717) is 17.1 Å². The number of aliphatic carboxylic acids is 1. The highest BCUT2D eigenvalue weighted by molar-refractivity contribution is 5.99. The summed E-state index contributed by atoms with van der Waals surface area (Å²) in [5, 5.41) is 20.7. The van der Waals surface area contributed by atoms with Crippen LogP contribution in [0.2, 0.25) is 0 Å². The molecule has 0 aliphatic rings. The van der Waals surface area contributed by atoms with Gasteiger partial charge in [-0.15, -0.1) is 0 Å². The van der Waals surface area contributed by atoms with Crippen molar-refractivity contribution in [1.29, 1.82) is 0 Å². The van der Waals surface area contributed by atoms with E-state index < -0.39 is 18.0 Å². The Hall–Kier alpha value is -3.88. The molecular weight excluding hydrogens is 367 g/mol. The zero-order chi connectivity index (χ0) is 20.1. The smallest absolute Gasteiger partial charge is 0.325 e. The van der Waals surface area contributed by atoms with Gasteiger partial charge in [0.25, 0.3) is 0 Å². The quantitative estimate of drug-likeness (QED) is 0.510. The summed E-state index contributed by atoms with van der Waals surface area (Å²) in [5.41, 5.74) is 2.25. The average Bonchev–Trinajstić information content (AvgIpc) is 3.12. The number of rotatable bonds is 6. The molecule has 0 fully saturated rings. The minimum Gasteiger partial charge on any atom is -0.480 e. The highest BCUT2D eigenvalue weighted by Gasteiger charge is 2.14. The third-order valence-corrected chi connectivity index (χ3v) is 3.78. The lowest BCUT2D eigenvalue weighted by atomic mass is 10.1. The predicted octanol–water partition coefficient (Wildman–Crippen LogP) is 4.01. The molecule has 144 valence electrons. The van der Waals surface area contributed by atoms with Crippen molar-refractivity contribution in [2.24, 2.45) is 0 Å². The Morgan fingerprint density at radius 3 is 2.18 bits per heavy atom. The van der Waals surface area contributed by atoms with Gasteiger partial charge in [-0.2, -0.15) is 0 Å². The summed E-state index contributed by atoms with van der Waals surface area (Å²) in [6.45, 7) is 1.49. The molecule has 3 rings (SSSR count). The molecule has 0 radical (unpaired) electrons. The van der Waals surface area contributed by atoms with Gasteiger partial charge < -0.3 is 25.6 Å². The maximum Gasteiger partial charge on any atom is 0.325 e. The van der Waals surface area contributed by atoms with Crippen LogP contribution in [0.1, 0.15) is 6.92 Å². The average molecular weight is 384 g/mol. The number of hydrogen-bond donors (Lipinski definition) is 4. The predicted molar refractivity (Wildman–Crippen MR) is 102 cm³/mol. The molecule has 1 heterocycles. The minimum atomic E-state index is -1.01. The number of hydrogen-bond acceptors (Lipinski definition) is 5. The third kappa shape index (κ3) is 4.85. The zero-order valence-electron chi connectivity index (χ0n) is 14.8. The Morgan fingerprint density at radius 2 is 1.61 bits per heavy atom. The van der Waals surface area contributed by atoms with Crippen LogP contribution < -0.4 is 16.0 Å². The number of anilines is 3. The summed E-state index contributed by atoms with van der Waals surface area (Å²) in [6, 6.07) is 12.6. The fourth-order valence-corrected chi connectivity index (χ4v) is 2.31. The van der Waals surface area contributed by atoms with Gasteiger partial charge in [-0.05, 0) is 43.3 Å². The molecule has 0 saturated carbocycles. The van der Waals surface area contributed by atoms with Gasteiger partial charge in [-0.25, -0.2) is 9.18 Å². The molecule has 0 aliphatic carbocycles. The Labute approximate surface area is 159 Å². The Balaban J connectivity index is 1.60. The SMILES string of the molecule is CC(Nc1cc(-c2ccc(NC(=O)Nc3ccc(F)cc3)cc2)no1)C(=O)O. The number of nitrogens with zero attached hydrogens (tertiary/aromatic N) is 1. The van der Waals surface area contributed by atoms with Gasteiger partial charge in [-0.3, -0.25) is 4.79 Å². The molecule has 0 saturated heterocycles. The second-order valence-electron chi connectivity index (χ2n) is 5.94. The molecule has 8 nitrogen and oxygen atoms in total. The van der Waals surface area contributed by atoms with Crippen molar-refractivity contribution in [3.05, 3.63) is 60.4 Å². The number of aromatic nitrogens is 1. The van der Waals surface area contributed by atoms with Crippen LogP contribution in [0.5, 0.6) is 0 Å². The summed E-state index contributed by atoms with van der Waals surface area (Å²) in [6.07, 6.45) is 0. The van der Waals surface area contributed by atoms with Crippen LogP contribution in [0.4, 0.5) is 26.4 Å². The summed E-state index contributed by atoms with van der Waals surface area (Å²) in [5.74, 6) is -1.15. The van der Waals surface area contributed by atoms with Gasteiger partial charge in [0.05, 0.1) is 0 Å². The van der Waals surface area contributed by atoms with Gasteiger partial charge in [0.1, 0.15) is 17.6 Å². The van der Waals surface area contributed by atoms with Gasteiger partial charge in [-0.1, -0.05) is 17.3 Å². The maximum absolute atomic E-state index is 12.9. The van der Waals surface area contributed by atoms with E-state index in [1.165, 1.54) is 31.2 Å². The number of benzene rings is 2. The summed E-state index contributed by atoms with van der Waals surface area (Å²) in [7, 11) is 0. The van der Waals surface area contributed by atoms with E-state index in [0.717, 1.165) is 5.56 Å². The topological polar surface area (TPSA) is 116 Å². The molecule has 28 heavy (non-hydrogen) atoms. The van der Waals surface area contributed by atoms with Crippen LogP contribution in [0.15, 0.2) is 59.1 Å². The van der Waals surface area contributed by atoms with Crippen molar-refractivity contribution >= 4 is 29.3 Å². The lowest BCUT2D eigenvalue weighted by Gasteiger charge is -2.08. The minimum absolute atomic E-state index is 0.241. The van der Waals surface area contributed by atoms with E-state index in [-0.39, 0.29) is 11.7 Å². The maximum atomic E-state index is 12.9. The molecule has 1 unspecified atom stereocenters. The molecule has 9 heteroatoms. The molecule has 0 aliphatic heterocycles. The van der Waals surface area contributed by atoms with Gasteiger partial charge in [0.2, 0.25) is 5.88 Å². The number of carboxylic acid groups (broad SMARTS) is 1. The highest BCUT2D eigenvalue weighted by Crippen LogP contribution is 2.24. The first-order valence-corrected chi connectivity index (χ1v) is 8.31. The first kappa shape index (κ1) is 18.9. The molecule has 2 aromatic carbocycles. The Bertz CT molecular complexity index is 970. The fourth-order valence-electron chi connectivity index (χ4n) is 2.31. The first-order chi connectivity index (χ1) is 13.4. The molecule has 0 bridgehead atoms. The number of amides is 2. The number of carbonyl (C=O) groups is 2. The fraction of sp³-hybridized carbons (Fsp3) is 0.105.